The van der Waals surface area contributed by atoms with Gasteiger partial charge in [0.25, 0.3) is 0 Å². The van der Waals surface area contributed by atoms with Gasteiger partial charge in [-0.05, 0) is 45.2 Å². The second-order valence-corrected chi connectivity index (χ2v) is 7.57. The molecule has 2 aromatic rings. The lowest BCUT2D eigenvalue weighted by molar-refractivity contribution is 0.0514. The zero-order valence-corrected chi connectivity index (χ0v) is 15.6. The molecule has 6 nitrogen and oxygen atoms in total. The Bertz CT molecular complexity index is 734. The van der Waals surface area contributed by atoms with Crippen molar-refractivity contribution in [2.75, 3.05) is 0 Å². The van der Waals surface area contributed by atoms with Gasteiger partial charge >= 0.3 is 6.09 Å². The van der Waals surface area contributed by atoms with E-state index in [4.69, 9.17) is 17.0 Å². The van der Waals surface area contributed by atoms with Gasteiger partial charge in [0.1, 0.15) is 16.1 Å². The van der Waals surface area contributed by atoms with Crippen molar-refractivity contribution in [2.45, 2.75) is 52.7 Å². The molecule has 2 rings (SSSR count). The number of aromatic nitrogens is 3. The van der Waals surface area contributed by atoms with Gasteiger partial charge < -0.3 is 10.1 Å². The summed E-state index contributed by atoms with van der Waals surface area (Å²) in [6, 6.07) is 7.22. The molecule has 0 saturated carbocycles. The number of carbonyl (C=O) groups excluding carboxylic acids is 1. The van der Waals surface area contributed by atoms with Crippen LogP contribution in [-0.2, 0) is 4.74 Å². The molecule has 0 fully saturated rings. The van der Waals surface area contributed by atoms with E-state index < -0.39 is 11.7 Å². The van der Waals surface area contributed by atoms with E-state index in [2.05, 4.69) is 29.5 Å². The van der Waals surface area contributed by atoms with Crippen molar-refractivity contribution < 1.29 is 9.53 Å². The quantitative estimate of drug-likeness (QED) is 0.856. The lowest BCUT2D eigenvalue weighted by Crippen LogP contribution is -2.45. The van der Waals surface area contributed by atoms with Gasteiger partial charge in [-0.1, -0.05) is 43.4 Å². The maximum absolute atomic E-state index is 12.1. The third-order valence-electron chi connectivity index (χ3n) is 3.26. The first-order chi connectivity index (χ1) is 11.2. The van der Waals surface area contributed by atoms with Crippen LogP contribution in [0.2, 0.25) is 0 Å². The van der Waals surface area contributed by atoms with Crippen LogP contribution in [0.1, 0.15) is 41.0 Å². The summed E-state index contributed by atoms with van der Waals surface area (Å²) in [5.41, 5.74) is 1.02. The summed E-state index contributed by atoms with van der Waals surface area (Å²) in [6.45, 7) is 9.63. The van der Waals surface area contributed by atoms with Gasteiger partial charge in [0.15, 0.2) is 0 Å². The minimum atomic E-state index is -0.561. The fraction of sp³-hybridized carbons (Fsp3) is 0.529. The number of nitrogens with zero attached hydrogens (tertiary/aromatic N) is 3. The molecule has 7 heteroatoms. The van der Waals surface area contributed by atoms with E-state index in [-0.39, 0.29) is 6.04 Å². The van der Waals surface area contributed by atoms with Crippen molar-refractivity contribution in [1.82, 2.24) is 20.3 Å². The number of alkyl carbamates (subject to hydrolysis) is 1. The summed E-state index contributed by atoms with van der Waals surface area (Å²) >= 11 is 5.59. The predicted octanol–water partition coefficient (Wildman–Crippen LogP) is 3.55. The lowest BCUT2D eigenvalue weighted by atomic mass is 10.0. The number of rotatable bonds is 4. The van der Waals surface area contributed by atoms with Crippen LogP contribution in [0, 0.1) is 5.92 Å². The molecule has 0 aliphatic rings. The summed E-state index contributed by atoms with van der Waals surface area (Å²) in [4.78, 5) is 12.7. The second-order valence-electron chi connectivity index (χ2n) is 7.16. The Morgan fingerprint density at radius 2 is 2.00 bits per heavy atom. The van der Waals surface area contributed by atoms with Crippen molar-refractivity contribution >= 4 is 34.3 Å². The summed E-state index contributed by atoms with van der Waals surface area (Å²) in [7, 11) is 0. The first-order valence-electron chi connectivity index (χ1n) is 8.01. The normalized spacial score (nSPS) is 13.1. The Kier molecular flexibility index (Phi) is 5.54. The van der Waals surface area contributed by atoms with Crippen LogP contribution in [0.15, 0.2) is 24.3 Å². The Morgan fingerprint density at radius 3 is 2.62 bits per heavy atom. The molecule has 1 unspecified atom stereocenters. The van der Waals surface area contributed by atoms with Gasteiger partial charge in [0, 0.05) is 0 Å². The number of amides is 1. The van der Waals surface area contributed by atoms with Crippen LogP contribution in [0.5, 0.6) is 0 Å². The van der Waals surface area contributed by atoms with Gasteiger partial charge in [-0.2, -0.15) is 0 Å². The van der Waals surface area contributed by atoms with E-state index in [1.807, 2.05) is 45.0 Å². The molecule has 1 heterocycles. The molecule has 130 valence electrons. The molecule has 1 aromatic carbocycles. The Balaban J connectivity index is 2.23. The molecular formula is C17H24N4O2S. The minimum Gasteiger partial charge on any atom is -0.444 e. The molecule has 1 aromatic heterocycles. The molecule has 0 spiro atoms. The molecule has 0 aliphatic heterocycles. The fourth-order valence-corrected chi connectivity index (χ4v) is 2.61. The van der Waals surface area contributed by atoms with Gasteiger partial charge in [-0.3, -0.25) is 0 Å². The second kappa shape index (κ2) is 7.25. The average Bonchev–Trinajstić information content (AvgIpc) is 2.87. The number of hydrogen-bond acceptors (Lipinski definition) is 5. The van der Waals surface area contributed by atoms with E-state index in [9.17, 15) is 4.79 Å². The molecule has 0 aliphatic carbocycles. The Labute approximate surface area is 147 Å². The molecule has 0 bridgehead atoms. The summed E-state index contributed by atoms with van der Waals surface area (Å²) in [6.07, 6.45) is 0.201. The number of para-hydroxylation sites is 1. The molecule has 0 radical (unpaired) electrons. The summed E-state index contributed by atoms with van der Waals surface area (Å²) < 4.78 is 6.96. The monoisotopic (exact) mass is 348 g/mol. The lowest BCUT2D eigenvalue weighted by Gasteiger charge is -2.25. The third-order valence-corrected chi connectivity index (χ3v) is 3.71. The van der Waals surface area contributed by atoms with Crippen LogP contribution < -0.4 is 5.32 Å². The van der Waals surface area contributed by atoms with Gasteiger partial charge in [0.2, 0.25) is 0 Å². The zero-order valence-electron chi connectivity index (χ0n) is 14.7. The highest BCUT2D eigenvalue weighted by Gasteiger charge is 2.25. The smallest absolute Gasteiger partial charge is 0.408 e. The molecule has 1 N–H and O–H groups in total. The van der Waals surface area contributed by atoms with Gasteiger partial charge in [-0.25, -0.2) is 9.48 Å². The molecular weight excluding hydrogens is 324 g/mol. The highest BCUT2D eigenvalue weighted by molar-refractivity contribution is 7.80. The minimum absolute atomic E-state index is 0.345. The zero-order chi connectivity index (χ0) is 17.9. The number of nitrogens with one attached hydrogen (secondary N) is 1. The number of hydrogen-bond donors (Lipinski definition) is 1. The SMILES string of the molecule is CC(C)CC(NC(=O)OC(C)(C)C)C(=S)n1nnc2ccccc21. The average molecular weight is 348 g/mol. The van der Waals surface area contributed by atoms with Crippen molar-refractivity contribution in [3.63, 3.8) is 0 Å². The highest BCUT2D eigenvalue weighted by Crippen LogP contribution is 2.15. The van der Waals surface area contributed by atoms with E-state index in [1.165, 1.54) is 0 Å². The molecule has 0 saturated heterocycles. The predicted molar refractivity (Wildman–Crippen MR) is 98.1 cm³/mol. The van der Waals surface area contributed by atoms with Crippen LogP contribution >= 0.6 is 12.2 Å². The summed E-state index contributed by atoms with van der Waals surface area (Å²) in [5, 5.41) is 11.1. The van der Waals surface area contributed by atoms with E-state index in [0.29, 0.717) is 17.3 Å². The maximum atomic E-state index is 12.1. The van der Waals surface area contributed by atoms with E-state index in [1.54, 1.807) is 4.68 Å². The van der Waals surface area contributed by atoms with Crippen molar-refractivity contribution in [1.29, 1.82) is 0 Å². The van der Waals surface area contributed by atoms with E-state index in [0.717, 1.165) is 11.0 Å². The first kappa shape index (κ1) is 18.3. The number of ether oxygens (including phenoxy) is 1. The molecule has 24 heavy (non-hydrogen) atoms. The fourth-order valence-electron chi connectivity index (χ4n) is 2.32. The van der Waals surface area contributed by atoms with Crippen LogP contribution in [0.25, 0.3) is 11.0 Å². The van der Waals surface area contributed by atoms with E-state index >= 15 is 0 Å². The number of fused-ring (bicyclic) bond motifs is 1. The van der Waals surface area contributed by atoms with Crippen molar-refractivity contribution in [2.24, 2.45) is 5.92 Å². The Hall–Kier alpha value is -2.02. The van der Waals surface area contributed by atoms with Crippen molar-refractivity contribution in [3.05, 3.63) is 24.3 Å². The van der Waals surface area contributed by atoms with Crippen LogP contribution in [0.3, 0.4) is 0 Å². The number of benzene rings is 1. The van der Waals surface area contributed by atoms with Crippen LogP contribution in [0.4, 0.5) is 4.79 Å². The number of carbonyl (C=O) groups is 1. The first-order valence-corrected chi connectivity index (χ1v) is 8.42. The molecule has 1 amide bonds. The van der Waals surface area contributed by atoms with Crippen LogP contribution in [-0.4, -0.2) is 37.7 Å². The van der Waals surface area contributed by atoms with Gasteiger partial charge in [-0.15, -0.1) is 5.10 Å². The molecule has 1 atom stereocenters. The Morgan fingerprint density at radius 1 is 1.33 bits per heavy atom. The maximum Gasteiger partial charge on any atom is 0.408 e. The standard InChI is InChI=1S/C17H24N4O2S/c1-11(2)10-13(18-16(22)23-17(3,4)5)15(24)21-14-9-7-6-8-12(14)19-20-21/h6-9,11,13H,10H2,1-5H3,(H,18,22). The van der Waals surface area contributed by atoms with Gasteiger partial charge in [0.05, 0.1) is 11.6 Å². The summed E-state index contributed by atoms with van der Waals surface area (Å²) in [5.74, 6) is 0.345. The van der Waals surface area contributed by atoms with Crippen molar-refractivity contribution in [3.8, 4) is 0 Å². The largest absolute Gasteiger partial charge is 0.444 e. The third kappa shape index (κ3) is 4.74. The highest BCUT2D eigenvalue weighted by atomic mass is 32.1. The topological polar surface area (TPSA) is 69.0 Å². The number of thiocarbonyl (C=S) groups is 1.